The maximum Gasteiger partial charge on any atom is -0.00729 e. The zero-order valence-electron chi connectivity index (χ0n) is 12.0. The first kappa shape index (κ1) is 12.5. The maximum absolute atomic E-state index is 2.42. The van der Waals surface area contributed by atoms with E-state index < -0.39 is 0 Å². The highest BCUT2D eigenvalue weighted by Crippen LogP contribution is 2.64. The zero-order valence-corrected chi connectivity index (χ0v) is 12.0. The highest BCUT2D eigenvalue weighted by Gasteiger charge is 2.54. The highest BCUT2D eigenvalue weighted by atomic mass is 14.6. The first-order valence-electron chi connectivity index (χ1n) is 7.22. The smallest absolute Gasteiger partial charge is 0.00729 e. The molecule has 1 aliphatic rings. The topological polar surface area (TPSA) is 0 Å². The first-order valence-corrected chi connectivity index (χ1v) is 7.22. The van der Waals surface area contributed by atoms with Gasteiger partial charge in [0, 0.05) is 0 Å². The van der Waals surface area contributed by atoms with E-state index in [4.69, 9.17) is 0 Å². The predicted molar refractivity (Wildman–Crippen MR) is 81.3 cm³/mol. The first-order chi connectivity index (χ1) is 9.12. The number of rotatable bonds is 2. The monoisotopic (exact) mass is 250 g/mol. The van der Waals surface area contributed by atoms with Crippen molar-refractivity contribution in [2.75, 3.05) is 0 Å². The average molecular weight is 250 g/mol. The molecule has 2 atom stereocenters. The molecule has 0 aliphatic heterocycles. The van der Waals surface area contributed by atoms with Gasteiger partial charge >= 0.3 is 0 Å². The van der Waals surface area contributed by atoms with Gasteiger partial charge in [0.25, 0.3) is 0 Å². The van der Waals surface area contributed by atoms with Crippen LogP contribution < -0.4 is 0 Å². The van der Waals surface area contributed by atoms with Crippen molar-refractivity contribution in [3.8, 4) is 0 Å². The van der Waals surface area contributed by atoms with E-state index in [-0.39, 0.29) is 0 Å². The molecule has 3 rings (SSSR count). The van der Waals surface area contributed by atoms with Gasteiger partial charge in [0.05, 0.1) is 0 Å². The van der Waals surface area contributed by atoms with Crippen LogP contribution in [0.15, 0.2) is 60.7 Å². The van der Waals surface area contributed by atoms with Gasteiger partial charge in [-0.05, 0) is 34.3 Å². The van der Waals surface area contributed by atoms with Gasteiger partial charge in [-0.2, -0.15) is 0 Å². The molecule has 0 spiro atoms. The molecule has 0 nitrogen and oxygen atoms in total. The second-order valence-corrected chi connectivity index (χ2v) is 6.46. The summed E-state index contributed by atoms with van der Waals surface area (Å²) >= 11 is 0. The van der Waals surface area contributed by atoms with Crippen LogP contribution in [0.5, 0.6) is 0 Å². The molecule has 0 aromatic heterocycles. The molecule has 0 radical (unpaired) electrons. The Hall–Kier alpha value is -1.56. The van der Waals surface area contributed by atoms with Crippen LogP contribution in [-0.4, -0.2) is 0 Å². The van der Waals surface area contributed by atoms with Gasteiger partial charge in [-0.15, -0.1) is 0 Å². The molecule has 2 aromatic carbocycles. The molecule has 1 saturated carbocycles. The fourth-order valence-electron chi connectivity index (χ4n) is 4.41. The molecular weight excluding hydrogens is 228 g/mol. The molecule has 0 heteroatoms. The number of hydrogen-bond acceptors (Lipinski definition) is 0. The Morgan fingerprint density at radius 1 is 0.684 bits per heavy atom. The number of benzene rings is 2. The van der Waals surface area contributed by atoms with Crippen LogP contribution in [0.25, 0.3) is 0 Å². The fraction of sp³-hybridized carbons (Fsp3) is 0.368. The Labute approximate surface area is 116 Å². The Kier molecular flexibility index (Phi) is 2.97. The number of hydrogen-bond donors (Lipinski definition) is 0. The molecule has 1 aliphatic carbocycles. The van der Waals surface area contributed by atoms with E-state index in [0.29, 0.717) is 23.2 Å². The van der Waals surface area contributed by atoms with Crippen molar-refractivity contribution in [2.45, 2.75) is 32.6 Å². The summed E-state index contributed by atoms with van der Waals surface area (Å²) in [5, 5.41) is 0. The van der Waals surface area contributed by atoms with Gasteiger partial charge in [0.15, 0.2) is 0 Å². The minimum atomic E-state index is 0.335. The highest BCUT2D eigenvalue weighted by molar-refractivity contribution is 5.35. The second-order valence-electron chi connectivity index (χ2n) is 6.46. The second kappa shape index (κ2) is 4.52. The lowest BCUT2D eigenvalue weighted by atomic mass is 9.45. The molecule has 2 aromatic rings. The Bertz CT molecular complexity index is 489. The predicted octanol–water partition coefficient (Wildman–Crippen LogP) is 5.23. The van der Waals surface area contributed by atoms with E-state index in [9.17, 15) is 0 Å². The third-order valence-electron chi connectivity index (χ3n) is 4.97. The normalized spacial score (nSPS) is 28.7. The van der Waals surface area contributed by atoms with E-state index >= 15 is 0 Å². The van der Waals surface area contributed by atoms with E-state index in [1.165, 1.54) is 11.1 Å². The summed E-state index contributed by atoms with van der Waals surface area (Å²) in [6.07, 6.45) is 0. The van der Waals surface area contributed by atoms with E-state index in [0.717, 1.165) is 0 Å². The van der Waals surface area contributed by atoms with Crippen LogP contribution >= 0.6 is 0 Å². The summed E-state index contributed by atoms with van der Waals surface area (Å²) in [5.41, 5.74) is 3.32. The minimum absolute atomic E-state index is 0.335. The molecule has 0 heterocycles. The molecule has 0 bridgehead atoms. The standard InChI is InChI=1S/C19H22/c1-14-17(15-10-6-4-7-11-15)19(2,3)18(14)16-12-8-5-9-13-16/h4-14,17-18H,1-3H3. The van der Waals surface area contributed by atoms with Crippen LogP contribution in [0, 0.1) is 11.3 Å². The molecule has 0 saturated heterocycles. The van der Waals surface area contributed by atoms with Crippen LogP contribution in [0.4, 0.5) is 0 Å². The molecule has 1 fully saturated rings. The van der Waals surface area contributed by atoms with Crippen LogP contribution in [-0.2, 0) is 0 Å². The van der Waals surface area contributed by atoms with Crippen molar-refractivity contribution in [2.24, 2.45) is 11.3 Å². The molecule has 98 valence electrons. The third kappa shape index (κ3) is 1.90. The quantitative estimate of drug-likeness (QED) is 0.684. The van der Waals surface area contributed by atoms with Gasteiger partial charge in [0.1, 0.15) is 0 Å². The van der Waals surface area contributed by atoms with Gasteiger partial charge in [-0.25, -0.2) is 0 Å². The molecule has 0 amide bonds. The summed E-state index contributed by atoms with van der Waals surface area (Å²) < 4.78 is 0. The average Bonchev–Trinajstić information content (AvgIpc) is 2.40. The zero-order chi connectivity index (χ0) is 13.5. The Balaban J connectivity index is 1.93. The van der Waals surface area contributed by atoms with E-state index in [2.05, 4.69) is 81.4 Å². The maximum atomic E-state index is 2.42. The lowest BCUT2D eigenvalue weighted by Gasteiger charge is -2.58. The van der Waals surface area contributed by atoms with Crippen LogP contribution in [0.2, 0.25) is 0 Å². The summed E-state index contributed by atoms with van der Waals surface area (Å²) in [5.74, 6) is 2.04. The lowest BCUT2D eigenvalue weighted by molar-refractivity contribution is 0.0202. The minimum Gasteiger partial charge on any atom is -0.0622 e. The summed E-state index contributed by atoms with van der Waals surface area (Å²) in [6, 6.07) is 22.0. The SMILES string of the molecule is CC1C(c2ccccc2)C(C)(C)C1c1ccccc1. The van der Waals surface area contributed by atoms with E-state index in [1.54, 1.807) is 0 Å². The van der Waals surface area contributed by atoms with Crippen molar-refractivity contribution in [3.05, 3.63) is 71.8 Å². The van der Waals surface area contributed by atoms with Gasteiger partial charge in [-0.3, -0.25) is 0 Å². The molecule has 2 unspecified atom stereocenters. The van der Waals surface area contributed by atoms with Crippen molar-refractivity contribution < 1.29 is 0 Å². The van der Waals surface area contributed by atoms with Gasteiger partial charge in [0.2, 0.25) is 0 Å². The summed E-state index contributed by atoms with van der Waals surface area (Å²) in [7, 11) is 0. The van der Waals surface area contributed by atoms with E-state index in [1.807, 2.05) is 0 Å². The fourth-order valence-corrected chi connectivity index (χ4v) is 4.41. The Morgan fingerprint density at radius 2 is 1.05 bits per heavy atom. The van der Waals surface area contributed by atoms with Crippen molar-refractivity contribution in [3.63, 3.8) is 0 Å². The van der Waals surface area contributed by atoms with Crippen molar-refractivity contribution in [1.29, 1.82) is 0 Å². The van der Waals surface area contributed by atoms with Gasteiger partial charge < -0.3 is 0 Å². The molecular formula is C19H22. The third-order valence-corrected chi connectivity index (χ3v) is 4.97. The lowest BCUT2D eigenvalue weighted by Crippen LogP contribution is -2.48. The van der Waals surface area contributed by atoms with Crippen molar-refractivity contribution >= 4 is 0 Å². The van der Waals surface area contributed by atoms with Crippen molar-refractivity contribution in [1.82, 2.24) is 0 Å². The largest absolute Gasteiger partial charge is 0.0622 e. The van der Waals surface area contributed by atoms with Gasteiger partial charge in [-0.1, -0.05) is 81.4 Å². The molecule has 0 N–H and O–H groups in total. The Morgan fingerprint density at radius 3 is 1.37 bits per heavy atom. The summed E-state index contributed by atoms with van der Waals surface area (Å²) in [6.45, 7) is 7.24. The van der Waals surface area contributed by atoms with Crippen LogP contribution in [0.3, 0.4) is 0 Å². The summed E-state index contributed by atoms with van der Waals surface area (Å²) in [4.78, 5) is 0. The molecule has 19 heavy (non-hydrogen) atoms. The van der Waals surface area contributed by atoms with Crippen LogP contribution in [0.1, 0.15) is 43.7 Å².